The molecule has 1 saturated carbocycles. The molecule has 1 aromatic heterocycles. The van der Waals surface area contributed by atoms with Gasteiger partial charge in [-0.3, -0.25) is 4.98 Å². The van der Waals surface area contributed by atoms with Crippen LogP contribution in [0, 0.1) is 11.2 Å². The Bertz CT molecular complexity index is 409. The number of halogens is 1. The maximum absolute atomic E-state index is 12.8. The van der Waals surface area contributed by atoms with Gasteiger partial charge in [-0.05, 0) is 31.9 Å². The Labute approximate surface area is 114 Å². The van der Waals surface area contributed by atoms with Gasteiger partial charge in [-0.15, -0.1) is 0 Å². The highest BCUT2D eigenvalue weighted by molar-refractivity contribution is 5.09. The van der Waals surface area contributed by atoms with Crippen molar-refractivity contribution in [3.63, 3.8) is 0 Å². The van der Waals surface area contributed by atoms with Crippen molar-refractivity contribution < 1.29 is 9.50 Å². The SMILES string of the molecule is CC(NCC1(C)CCCCC1O)c1ccc(F)cn1. The zero-order chi connectivity index (χ0) is 13.9. The van der Waals surface area contributed by atoms with Gasteiger partial charge in [0.05, 0.1) is 18.0 Å². The van der Waals surface area contributed by atoms with Crippen LogP contribution in [0.3, 0.4) is 0 Å². The summed E-state index contributed by atoms with van der Waals surface area (Å²) in [5.41, 5.74) is 0.766. The molecule has 106 valence electrons. The van der Waals surface area contributed by atoms with Crippen LogP contribution < -0.4 is 5.32 Å². The highest BCUT2D eigenvalue weighted by atomic mass is 19.1. The van der Waals surface area contributed by atoms with E-state index < -0.39 is 0 Å². The number of rotatable bonds is 4. The minimum atomic E-state index is -0.314. The number of aliphatic hydroxyl groups excluding tert-OH is 1. The molecule has 0 bridgehead atoms. The Balaban J connectivity index is 1.92. The lowest BCUT2D eigenvalue weighted by atomic mass is 9.73. The summed E-state index contributed by atoms with van der Waals surface area (Å²) in [6.07, 6.45) is 5.24. The van der Waals surface area contributed by atoms with Gasteiger partial charge in [-0.25, -0.2) is 4.39 Å². The zero-order valence-corrected chi connectivity index (χ0v) is 11.7. The molecule has 0 saturated heterocycles. The van der Waals surface area contributed by atoms with Gasteiger partial charge in [0.15, 0.2) is 0 Å². The number of pyridine rings is 1. The summed E-state index contributed by atoms with van der Waals surface area (Å²) in [5.74, 6) is -0.314. The fraction of sp³-hybridized carbons (Fsp3) is 0.667. The van der Waals surface area contributed by atoms with E-state index >= 15 is 0 Å². The van der Waals surface area contributed by atoms with Gasteiger partial charge in [0, 0.05) is 18.0 Å². The lowest BCUT2D eigenvalue weighted by molar-refractivity contribution is -0.0000794. The molecule has 0 aliphatic heterocycles. The predicted octanol–water partition coefficient (Wildman–Crippen LogP) is 2.81. The fourth-order valence-corrected chi connectivity index (χ4v) is 2.72. The monoisotopic (exact) mass is 266 g/mol. The highest BCUT2D eigenvalue weighted by Crippen LogP contribution is 2.35. The van der Waals surface area contributed by atoms with E-state index in [9.17, 15) is 9.50 Å². The first-order chi connectivity index (χ1) is 9.01. The van der Waals surface area contributed by atoms with Crippen LogP contribution in [-0.4, -0.2) is 22.7 Å². The number of nitrogens with zero attached hydrogens (tertiary/aromatic N) is 1. The second kappa shape index (κ2) is 5.97. The summed E-state index contributed by atoms with van der Waals surface area (Å²) in [6, 6.07) is 3.19. The van der Waals surface area contributed by atoms with E-state index in [0.29, 0.717) is 0 Å². The van der Waals surface area contributed by atoms with Gasteiger partial charge in [-0.1, -0.05) is 19.8 Å². The van der Waals surface area contributed by atoms with Crippen molar-refractivity contribution in [2.45, 2.75) is 51.7 Å². The van der Waals surface area contributed by atoms with Crippen LogP contribution >= 0.6 is 0 Å². The Hall–Kier alpha value is -1.00. The van der Waals surface area contributed by atoms with Gasteiger partial charge >= 0.3 is 0 Å². The molecule has 0 aromatic carbocycles. The second-order valence-corrected chi connectivity index (χ2v) is 5.92. The Kier molecular flexibility index (Phi) is 4.53. The first-order valence-electron chi connectivity index (χ1n) is 7.04. The zero-order valence-electron chi connectivity index (χ0n) is 11.7. The number of nitrogens with one attached hydrogen (secondary N) is 1. The quantitative estimate of drug-likeness (QED) is 0.881. The van der Waals surface area contributed by atoms with Crippen LogP contribution in [0.4, 0.5) is 4.39 Å². The third kappa shape index (κ3) is 3.51. The van der Waals surface area contributed by atoms with Crippen LogP contribution in [0.5, 0.6) is 0 Å². The molecule has 0 spiro atoms. The molecule has 1 aromatic rings. The largest absolute Gasteiger partial charge is 0.393 e. The summed E-state index contributed by atoms with van der Waals surface area (Å²) in [4.78, 5) is 4.08. The van der Waals surface area contributed by atoms with E-state index in [1.807, 2.05) is 6.92 Å². The summed E-state index contributed by atoms with van der Waals surface area (Å²) in [7, 11) is 0. The molecule has 3 nitrogen and oxygen atoms in total. The van der Waals surface area contributed by atoms with Crippen molar-refractivity contribution in [3.05, 3.63) is 29.8 Å². The van der Waals surface area contributed by atoms with Gasteiger partial charge in [0.2, 0.25) is 0 Å². The molecule has 0 amide bonds. The van der Waals surface area contributed by atoms with E-state index in [0.717, 1.165) is 31.5 Å². The van der Waals surface area contributed by atoms with Gasteiger partial charge < -0.3 is 10.4 Å². The standard InChI is InChI=1S/C15H23FN2O/c1-11(13-7-6-12(16)9-17-13)18-10-15(2)8-4-3-5-14(15)19/h6-7,9,11,14,18-19H,3-5,8,10H2,1-2H3. The molecule has 19 heavy (non-hydrogen) atoms. The average molecular weight is 266 g/mol. The van der Waals surface area contributed by atoms with Crippen LogP contribution in [0.2, 0.25) is 0 Å². The maximum Gasteiger partial charge on any atom is 0.141 e. The fourth-order valence-electron chi connectivity index (χ4n) is 2.72. The molecule has 1 aliphatic rings. The molecule has 1 aliphatic carbocycles. The second-order valence-electron chi connectivity index (χ2n) is 5.92. The van der Waals surface area contributed by atoms with Crippen molar-refractivity contribution in [2.75, 3.05) is 6.54 Å². The van der Waals surface area contributed by atoms with E-state index in [1.54, 1.807) is 6.07 Å². The molecule has 2 N–H and O–H groups in total. The Morgan fingerprint density at radius 1 is 1.53 bits per heavy atom. The molecular formula is C15H23FN2O. The van der Waals surface area contributed by atoms with Crippen molar-refractivity contribution in [3.8, 4) is 0 Å². The Morgan fingerprint density at radius 3 is 2.95 bits per heavy atom. The molecule has 1 fully saturated rings. The topological polar surface area (TPSA) is 45.1 Å². The molecule has 3 unspecified atom stereocenters. The third-order valence-corrected chi connectivity index (χ3v) is 4.29. The Morgan fingerprint density at radius 2 is 2.32 bits per heavy atom. The smallest absolute Gasteiger partial charge is 0.141 e. The van der Waals surface area contributed by atoms with E-state index in [1.165, 1.54) is 18.7 Å². The number of hydrogen-bond donors (Lipinski definition) is 2. The minimum absolute atomic E-state index is 0.0616. The summed E-state index contributed by atoms with van der Waals surface area (Å²) < 4.78 is 12.8. The molecule has 0 radical (unpaired) electrons. The van der Waals surface area contributed by atoms with E-state index in [-0.39, 0.29) is 23.4 Å². The normalized spacial score (nSPS) is 29.2. The molecular weight excluding hydrogens is 243 g/mol. The van der Waals surface area contributed by atoms with Crippen LogP contribution in [0.25, 0.3) is 0 Å². The number of hydrogen-bond acceptors (Lipinski definition) is 3. The summed E-state index contributed by atoms with van der Waals surface area (Å²) >= 11 is 0. The van der Waals surface area contributed by atoms with Crippen molar-refractivity contribution in [1.82, 2.24) is 10.3 Å². The van der Waals surface area contributed by atoms with Crippen molar-refractivity contribution in [1.29, 1.82) is 0 Å². The van der Waals surface area contributed by atoms with Gasteiger partial charge in [0.25, 0.3) is 0 Å². The summed E-state index contributed by atoms with van der Waals surface area (Å²) in [6.45, 7) is 4.90. The molecule has 3 atom stereocenters. The number of aliphatic hydroxyl groups is 1. The minimum Gasteiger partial charge on any atom is -0.393 e. The first-order valence-corrected chi connectivity index (χ1v) is 7.04. The third-order valence-electron chi connectivity index (χ3n) is 4.29. The van der Waals surface area contributed by atoms with Crippen molar-refractivity contribution in [2.24, 2.45) is 5.41 Å². The predicted molar refractivity (Wildman–Crippen MR) is 73.2 cm³/mol. The van der Waals surface area contributed by atoms with Crippen molar-refractivity contribution >= 4 is 0 Å². The lowest BCUT2D eigenvalue weighted by Gasteiger charge is -2.39. The van der Waals surface area contributed by atoms with Gasteiger partial charge in [0.1, 0.15) is 5.82 Å². The van der Waals surface area contributed by atoms with Crippen LogP contribution in [0.15, 0.2) is 18.3 Å². The average Bonchev–Trinajstić information content (AvgIpc) is 2.41. The maximum atomic E-state index is 12.8. The van der Waals surface area contributed by atoms with E-state index in [2.05, 4.69) is 17.2 Å². The molecule has 1 heterocycles. The highest BCUT2D eigenvalue weighted by Gasteiger charge is 2.35. The van der Waals surface area contributed by atoms with Crippen LogP contribution in [0.1, 0.15) is 51.3 Å². The number of aromatic nitrogens is 1. The lowest BCUT2D eigenvalue weighted by Crippen LogP contribution is -2.44. The molecule has 4 heteroatoms. The van der Waals surface area contributed by atoms with Gasteiger partial charge in [-0.2, -0.15) is 0 Å². The van der Waals surface area contributed by atoms with Crippen LogP contribution in [-0.2, 0) is 0 Å². The molecule has 2 rings (SSSR count). The summed E-state index contributed by atoms with van der Waals surface area (Å²) in [5, 5.41) is 13.6. The first kappa shape index (κ1) is 14.4. The van der Waals surface area contributed by atoms with E-state index in [4.69, 9.17) is 0 Å².